The van der Waals surface area contributed by atoms with Crippen LogP contribution in [0.2, 0.25) is 0 Å². The van der Waals surface area contributed by atoms with Crippen molar-refractivity contribution in [2.75, 3.05) is 13.2 Å². The van der Waals surface area contributed by atoms with Crippen LogP contribution in [-0.2, 0) is 11.2 Å². The van der Waals surface area contributed by atoms with E-state index in [1.807, 2.05) is 11.3 Å². The molecule has 1 aromatic rings. The molecule has 1 aromatic heterocycles. The van der Waals surface area contributed by atoms with Gasteiger partial charge >= 0.3 is 0 Å². The first kappa shape index (κ1) is 13.7. The zero-order chi connectivity index (χ0) is 12.0. The van der Waals surface area contributed by atoms with Gasteiger partial charge in [0.2, 0.25) is 0 Å². The second-order valence-electron chi connectivity index (χ2n) is 4.25. The summed E-state index contributed by atoms with van der Waals surface area (Å²) in [5, 5.41) is 3.48. The molecule has 0 saturated carbocycles. The molecule has 0 saturated heterocycles. The third-order valence-corrected chi connectivity index (χ3v) is 3.87. The Morgan fingerprint density at radius 1 is 1.31 bits per heavy atom. The van der Waals surface area contributed by atoms with Crippen molar-refractivity contribution in [3.63, 3.8) is 0 Å². The van der Waals surface area contributed by atoms with Gasteiger partial charge in [0.15, 0.2) is 0 Å². The Balaban J connectivity index is 2.26. The Morgan fingerprint density at radius 3 is 2.62 bits per heavy atom. The van der Waals surface area contributed by atoms with E-state index in [0.717, 1.165) is 19.6 Å². The predicted molar refractivity (Wildman–Crippen MR) is 71.2 cm³/mol. The van der Waals surface area contributed by atoms with Crippen molar-refractivity contribution >= 4 is 11.3 Å². The lowest BCUT2D eigenvalue weighted by Crippen LogP contribution is -2.23. The molecule has 0 fully saturated rings. The molecule has 1 unspecified atom stereocenters. The molecule has 0 amide bonds. The fraction of sp³-hybridized carbons (Fsp3) is 0.692. The lowest BCUT2D eigenvalue weighted by atomic mass is 10.2. The Morgan fingerprint density at radius 2 is 2.06 bits per heavy atom. The number of nitrogens with one attached hydrogen (secondary N) is 1. The first-order valence-electron chi connectivity index (χ1n) is 6.07. The molecule has 0 radical (unpaired) electrons. The Kier molecular flexibility index (Phi) is 6.03. The normalized spacial score (nSPS) is 13.3. The SMILES string of the molecule is CCc1ccc(C(C)NCCOC(C)C)s1. The highest BCUT2D eigenvalue weighted by Gasteiger charge is 2.07. The van der Waals surface area contributed by atoms with Crippen molar-refractivity contribution in [3.8, 4) is 0 Å². The molecular formula is C13H23NOS. The van der Waals surface area contributed by atoms with E-state index in [-0.39, 0.29) is 0 Å². The van der Waals surface area contributed by atoms with Gasteiger partial charge in [-0.3, -0.25) is 0 Å². The second-order valence-corrected chi connectivity index (χ2v) is 5.45. The highest BCUT2D eigenvalue weighted by atomic mass is 32.1. The van der Waals surface area contributed by atoms with E-state index in [4.69, 9.17) is 4.74 Å². The zero-order valence-corrected chi connectivity index (χ0v) is 11.6. The van der Waals surface area contributed by atoms with E-state index in [0.29, 0.717) is 12.1 Å². The van der Waals surface area contributed by atoms with Crippen LogP contribution >= 0.6 is 11.3 Å². The van der Waals surface area contributed by atoms with Gasteiger partial charge in [-0.25, -0.2) is 0 Å². The van der Waals surface area contributed by atoms with E-state index in [1.54, 1.807) is 0 Å². The summed E-state index contributed by atoms with van der Waals surface area (Å²) in [6.07, 6.45) is 1.46. The van der Waals surface area contributed by atoms with Crippen LogP contribution in [0.25, 0.3) is 0 Å². The summed E-state index contributed by atoms with van der Waals surface area (Å²) < 4.78 is 5.50. The molecule has 3 heteroatoms. The van der Waals surface area contributed by atoms with Crippen molar-refractivity contribution in [3.05, 3.63) is 21.9 Å². The molecule has 0 aromatic carbocycles. The smallest absolute Gasteiger partial charge is 0.0594 e. The second kappa shape index (κ2) is 7.05. The maximum atomic E-state index is 5.50. The number of aryl methyl sites for hydroxylation is 1. The average Bonchev–Trinajstić information content (AvgIpc) is 2.72. The molecular weight excluding hydrogens is 218 g/mol. The van der Waals surface area contributed by atoms with Gasteiger partial charge in [0, 0.05) is 22.3 Å². The fourth-order valence-corrected chi connectivity index (χ4v) is 2.47. The fourth-order valence-electron chi connectivity index (χ4n) is 1.49. The van der Waals surface area contributed by atoms with Crippen LogP contribution in [0.4, 0.5) is 0 Å². The van der Waals surface area contributed by atoms with E-state index < -0.39 is 0 Å². The van der Waals surface area contributed by atoms with Gasteiger partial charge in [-0.15, -0.1) is 11.3 Å². The number of thiophene rings is 1. The summed E-state index contributed by atoms with van der Waals surface area (Å²) in [6, 6.07) is 4.88. The number of ether oxygens (including phenoxy) is 1. The van der Waals surface area contributed by atoms with Crippen LogP contribution in [0.5, 0.6) is 0 Å². The maximum Gasteiger partial charge on any atom is 0.0594 e. The first-order chi connectivity index (χ1) is 7.63. The minimum Gasteiger partial charge on any atom is -0.377 e. The van der Waals surface area contributed by atoms with E-state index >= 15 is 0 Å². The van der Waals surface area contributed by atoms with Crippen molar-refractivity contribution < 1.29 is 4.74 Å². The zero-order valence-electron chi connectivity index (χ0n) is 10.7. The third-order valence-electron chi connectivity index (χ3n) is 2.46. The van der Waals surface area contributed by atoms with Gasteiger partial charge in [0.05, 0.1) is 12.7 Å². The molecule has 1 atom stereocenters. The number of rotatable bonds is 7. The summed E-state index contributed by atoms with van der Waals surface area (Å²) in [4.78, 5) is 2.88. The standard InChI is InChI=1S/C13H23NOS/c1-5-12-6-7-13(16-12)11(4)14-8-9-15-10(2)3/h6-7,10-11,14H,5,8-9H2,1-4H3. The lowest BCUT2D eigenvalue weighted by molar-refractivity contribution is 0.0797. The number of hydrogen-bond donors (Lipinski definition) is 1. The average molecular weight is 241 g/mol. The largest absolute Gasteiger partial charge is 0.377 e. The molecule has 0 aliphatic rings. The molecule has 0 bridgehead atoms. The van der Waals surface area contributed by atoms with Crippen LogP contribution < -0.4 is 5.32 Å². The molecule has 2 nitrogen and oxygen atoms in total. The topological polar surface area (TPSA) is 21.3 Å². The highest BCUT2D eigenvalue weighted by Crippen LogP contribution is 2.23. The Labute approximate surface area is 103 Å². The van der Waals surface area contributed by atoms with E-state index in [1.165, 1.54) is 9.75 Å². The highest BCUT2D eigenvalue weighted by molar-refractivity contribution is 7.12. The summed E-state index contributed by atoms with van der Waals surface area (Å²) in [6.45, 7) is 10.2. The molecule has 0 aliphatic heterocycles. The molecule has 1 N–H and O–H groups in total. The van der Waals surface area contributed by atoms with Gasteiger partial charge in [-0.1, -0.05) is 6.92 Å². The molecule has 1 rings (SSSR count). The summed E-state index contributed by atoms with van der Waals surface area (Å²) in [5.41, 5.74) is 0. The monoisotopic (exact) mass is 241 g/mol. The summed E-state index contributed by atoms with van der Waals surface area (Å²) >= 11 is 1.90. The van der Waals surface area contributed by atoms with Crippen molar-refractivity contribution in [1.29, 1.82) is 0 Å². The van der Waals surface area contributed by atoms with Crippen molar-refractivity contribution in [2.45, 2.75) is 46.3 Å². The van der Waals surface area contributed by atoms with Gasteiger partial charge in [0.1, 0.15) is 0 Å². The molecule has 0 aliphatic carbocycles. The van der Waals surface area contributed by atoms with Crippen LogP contribution in [0.3, 0.4) is 0 Å². The lowest BCUT2D eigenvalue weighted by Gasteiger charge is -2.13. The maximum absolute atomic E-state index is 5.50. The molecule has 1 heterocycles. The van der Waals surface area contributed by atoms with Crippen LogP contribution in [0.1, 0.15) is 43.5 Å². The van der Waals surface area contributed by atoms with Crippen molar-refractivity contribution in [1.82, 2.24) is 5.32 Å². The van der Waals surface area contributed by atoms with Crippen LogP contribution in [0, 0.1) is 0 Å². The van der Waals surface area contributed by atoms with Gasteiger partial charge in [-0.2, -0.15) is 0 Å². The Bertz CT molecular complexity index is 296. The summed E-state index contributed by atoms with van der Waals surface area (Å²) in [7, 11) is 0. The first-order valence-corrected chi connectivity index (χ1v) is 6.88. The minimum atomic E-state index is 0.325. The van der Waals surface area contributed by atoms with E-state index in [9.17, 15) is 0 Å². The summed E-state index contributed by atoms with van der Waals surface area (Å²) in [5.74, 6) is 0. The third kappa shape index (κ3) is 4.64. The number of hydrogen-bond acceptors (Lipinski definition) is 3. The predicted octanol–water partition coefficient (Wildman–Crippen LogP) is 3.39. The Hall–Kier alpha value is -0.380. The van der Waals surface area contributed by atoms with Crippen molar-refractivity contribution in [2.24, 2.45) is 0 Å². The molecule has 16 heavy (non-hydrogen) atoms. The van der Waals surface area contributed by atoms with E-state index in [2.05, 4.69) is 45.1 Å². The van der Waals surface area contributed by atoms with Gasteiger partial charge in [0.25, 0.3) is 0 Å². The quantitative estimate of drug-likeness (QED) is 0.739. The minimum absolute atomic E-state index is 0.325. The van der Waals surface area contributed by atoms with Gasteiger partial charge in [-0.05, 0) is 39.3 Å². The van der Waals surface area contributed by atoms with Crippen LogP contribution in [0.15, 0.2) is 12.1 Å². The molecule has 92 valence electrons. The van der Waals surface area contributed by atoms with Crippen LogP contribution in [-0.4, -0.2) is 19.3 Å². The molecule has 0 spiro atoms. The van der Waals surface area contributed by atoms with Gasteiger partial charge < -0.3 is 10.1 Å².